The predicted molar refractivity (Wildman–Crippen MR) is 78.4 cm³/mol. The molecule has 19 heavy (non-hydrogen) atoms. The van der Waals surface area contributed by atoms with E-state index in [0.29, 0.717) is 6.10 Å². The Morgan fingerprint density at radius 1 is 1.26 bits per heavy atom. The molecule has 0 aromatic carbocycles. The van der Waals surface area contributed by atoms with Gasteiger partial charge in [0.25, 0.3) is 0 Å². The molecule has 0 radical (unpaired) electrons. The number of ether oxygens (including phenoxy) is 2. The second kappa shape index (κ2) is 7.61. The topological polar surface area (TPSA) is 30.5 Å². The fraction of sp³-hybridized carbons (Fsp3) is 1.00. The van der Waals surface area contributed by atoms with Gasteiger partial charge in [-0.25, -0.2) is 0 Å². The summed E-state index contributed by atoms with van der Waals surface area (Å²) in [5, 5.41) is 3.50. The third kappa shape index (κ3) is 4.73. The minimum atomic E-state index is 0.0640. The highest BCUT2D eigenvalue weighted by Crippen LogP contribution is 2.35. The third-order valence-electron chi connectivity index (χ3n) is 4.60. The summed E-state index contributed by atoms with van der Waals surface area (Å²) in [5.41, 5.74) is 0.0640. The molecular weight excluding hydrogens is 238 g/mol. The van der Waals surface area contributed by atoms with Crippen molar-refractivity contribution in [3.8, 4) is 0 Å². The van der Waals surface area contributed by atoms with E-state index in [2.05, 4.69) is 19.2 Å². The highest BCUT2D eigenvalue weighted by Gasteiger charge is 2.36. The summed E-state index contributed by atoms with van der Waals surface area (Å²) < 4.78 is 12.2. The van der Waals surface area contributed by atoms with Gasteiger partial charge in [-0.1, -0.05) is 26.7 Å². The summed E-state index contributed by atoms with van der Waals surface area (Å²) in [6, 6.07) is 0. The maximum atomic E-state index is 6.40. The molecule has 0 bridgehead atoms. The largest absolute Gasteiger partial charge is 0.376 e. The second-order valence-electron chi connectivity index (χ2n) is 6.46. The SMILES string of the molecule is CCNCC1(OCC2CCCCO2)CCCC(C)C1. The van der Waals surface area contributed by atoms with Crippen molar-refractivity contribution in [1.29, 1.82) is 0 Å². The van der Waals surface area contributed by atoms with Gasteiger partial charge < -0.3 is 14.8 Å². The number of rotatable bonds is 6. The first-order valence-corrected chi connectivity index (χ1v) is 8.20. The minimum Gasteiger partial charge on any atom is -0.376 e. The molecule has 112 valence electrons. The zero-order chi connectivity index (χ0) is 13.6. The highest BCUT2D eigenvalue weighted by atomic mass is 16.5. The van der Waals surface area contributed by atoms with Crippen molar-refractivity contribution in [3.05, 3.63) is 0 Å². The van der Waals surface area contributed by atoms with Crippen molar-refractivity contribution >= 4 is 0 Å². The van der Waals surface area contributed by atoms with E-state index < -0.39 is 0 Å². The summed E-state index contributed by atoms with van der Waals surface area (Å²) in [4.78, 5) is 0. The number of hydrogen-bond donors (Lipinski definition) is 1. The van der Waals surface area contributed by atoms with E-state index in [1.54, 1.807) is 0 Å². The number of nitrogens with one attached hydrogen (secondary N) is 1. The van der Waals surface area contributed by atoms with Gasteiger partial charge >= 0.3 is 0 Å². The lowest BCUT2D eigenvalue weighted by molar-refractivity contribution is -0.125. The van der Waals surface area contributed by atoms with Crippen molar-refractivity contribution < 1.29 is 9.47 Å². The van der Waals surface area contributed by atoms with Gasteiger partial charge in [0, 0.05) is 13.2 Å². The molecule has 0 aromatic heterocycles. The van der Waals surface area contributed by atoms with Gasteiger partial charge in [-0.3, -0.25) is 0 Å². The van der Waals surface area contributed by atoms with E-state index in [1.165, 1.54) is 44.9 Å². The van der Waals surface area contributed by atoms with Crippen LogP contribution in [0.3, 0.4) is 0 Å². The van der Waals surface area contributed by atoms with Crippen molar-refractivity contribution in [2.24, 2.45) is 5.92 Å². The van der Waals surface area contributed by atoms with Crippen molar-refractivity contribution in [2.45, 2.75) is 70.5 Å². The van der Waals surface area contributed by atoms with Gasteiger partial charge in [0.15, 0.2) is 0 Å². The van der Waals surface area contributed by atoms with Crippen LogP contribution in [-0.4, -0.2) is 38.0 Å². The van der Waals surface area contributed by atoms with E-state index in [1.807, 2.05) is 0 Å². The first kappa shape index (κ1) is 15.3. The maximum Gasteiger partial charge on any atom is 0.0810 e. The van der Waals surface area contributed by atoms with E-state index in [9.17, 15) is 0 Å². The predicted octanol–water partition coefficient (Wildman–Crippen LogP) is 3.13. The maximum absolute atomic E-state index is 6.40. The Labute approximate surface area is 118 Å². The first-order valence-electron chi connectivity index (χ1n) is 8.20. The molecule has 3 nitrogen and oxygen atoms in total. The van der Waals surface area contributed by atoms with Gasteiger partial charge in [-0.15, -0.1) is 0 Å². The van der Waals surface area contributed by atoms with Crippen LogP contribution in [0.1, 0.15) is 58.8 Å². The normalized spacial score (nSPS) is 36.3. The Balaban J connectivity index is 1.85. The molecule has 3 unspecified atom stereocenters. The minimum absolute atomic E-state index is 0.0640. The number of hydrogen-bond acceptors (Lipinski definition) is 3. The zero-order valence-corrected chi connectivity index (χ0v) is 12.7. The van der Waals surface area contributed by atoms with Crippen LogP contribution in [0.15, 0.2) is 0 Å². The van der Waals surface area contributed by atoms with Crippen LogP contribution < -0.4 is 5.32 Å². The number of likely N-dealkylation sites (N-methyl/N-ethyl adjacent to an activating group) is 1. The van der Waals surface area contributed by atoms with Crippen LogP contribution in [0, 0.1) is 5.92 Å². The Morgan fingerprint density at radius 3 is 2.84 bits per heavy atom. The lowest BCUT2D eigenvalue weighted by Crippen LogP contribution is -2.48. The van der Waals surface area contributed by atoms with Crippen LogP contribution in [0.25, 0.3) is 0 Å². The molecule has 2 rings (SSSR count). The molecular formula is C16H31NO2. The summed E-state index contributed by atoms with van der Waals surface area (Å²) in [6.45, 7) is 8.27. The summed E-state index contributed by atoms with van der Waals surface area (Å²) in [7, 11) is 0. The van der Waals surface area contributed by atoms with Crippen molar-refractivity contribution in [3.63, 3.8) is 0 Å². The average Bonchev–Trinajstić information content (AvgIpc) is 2.44. The lowest BCUT2D eigenvalue weighted by Gasteiger charge is -2.41. The zero-order valence-electron chi connectivity index (χ0n) is 12.7. The van der Waals surface area contributed by atoms with Gasteiger partial charge in [-0.05, 0) is 44.6 Å². The van der Waals surface area contributed by atoms with Gasteiger partial charge in [0.05, 0.1) is 18.3 Å². The summed E-state index contributed by atoms with van der Waals surface area (Å²) in [5.74, 6) is 0.791. The molecule has 1 heterocycles. The molecule has 1 aliphatic carbocycles. The van der Waals surface area contributed by atoms with Gasteiger partial charge in [-0.2, -0.15) is 0 Å². The summed E-state index contributed by atoms with van der Waals surface area (Å²) >= 11 is 0. The van der Waals surface area contributed by atoms with Gasteiger partial charge in [0.1, 0.15) is 0 Å². The smallest absolute Gasteiger partial charge is 0.0810 e. The fourth-order valence-electron chi connectivity index (χ4n) is 3.52. The monoisotopic (exact) mass is 269 g/mol. The van der Waals surface area contributed by atoms with Gasteiger partial charge in [0.2, 0.25) is 0 Å². The van der Waals surface area contributed by atoms with Crippen molar-refractivity contribution in [1.82, 2.24) is 5.32 Å². The Kier molecular flexibility index (Phi) is 6.11. The Hall–Kier alpha value is -0.120. The van der Waals surface area contributed by atoms with E-state index in [4.69, 9.17) is 9.47 Å². The lowest BCUT2D eigenvalue weighted by atomic mass is 9.78. The first-order chi connectivity index (χ1) is 9.24. The van der Waals surface area contributed by atoms with E-state index in [0.717, 1.165) is 32.2 Å². The fourth-order valence-corrected chi connectivity index (χ4v) is 3.52. The van der Waals surface area contributed by atoms with Crippen molar-refractivity contribution in [2.75, 3.05) is 26.3 Å². The van der Waals surface area contributed by atoms with Crippen LogP contribution in [0.4, 0.5) is 0 Å². The molecule has 1 saturated heterocycles. The van der Waals surface area contributed by atoms with E-state index in [-0.39, 0.29) is 5.60 Å². The van der Waals surface area contributed by atoms with Crippen LogP contribution in [0.2, 0.25) is 0 Å². The second-order valence-corrected chi connectivity index (χ2v) is 6.46. The molecule has 0 spiro atoms. The molecule has 0 aromatic rings. The Bertz CT molecular complexity index is 253. The molecule has 2 fully saturated rings. The average molecular weight is 269 g/mol. The molecule has 3 heteroatoms. The molecule has 1 saturated carbocycles. The summed E-state index contributed by atoms with van der Waals surface area (Å²) in [6.07, 6.45) is 9.09. The molecule has 2 aliphatic rings. The van der Waals surface area contributed by atoms with E-state index >= 15 is 0 Å². The van der Waals surface area contributed by atoms with Crippen LogP contribution in [0.5, 0.6) is 0 Å². The molecule has 1 aliphatic heterocycles. The molecule has 3 atom stereocenters. The molecule has 1 N–H and O–H groups in total. The van der Waals surface area contributed by atoms with Crippen LogP contribution in [-0.2, 0) is 9.47 Å². The third-order valence-corrected chi connectivity index (χ3v) is 4.60. The Morgan fingerprint density at radius 2 is 2.16 bits per heavy atom. The highest BCUT2D eigenvalue weighted by molar-refractivity contribution is 4.89. The molecule has 0 amide bonds. The quantitative estimate of drug-likeness (QED) is 0.803. The standard InChI is InChI=1S/C16H31NO2/c1-3-17-13-16(9-6-7-14(2)11-16)19-12-15-8-4-5-10-18-15/h14-15,17H,3-13H2,1-2H3. The van der Waals surface area contributed by atoms with Crippen LogP contribution >= 0.6 is 0 Å².